The van der Waals surface area contributed by atoms with Crippen molar-refractivity contribution in [1.82, 2.24) is 5.01 Å². The van der Waals surface area contributed by atoms with Crippen molar-refractivity contribution in [1.29, 1.82) is 0 Å². The van der Waals surface area contributed by atoms with Gasteiger partial charge in [-0.2, -0.15) is 23.3 Å². The zero-order valence-corrected chi connectivity index (χ0v) is 14.1. The summed E-state index contributed by atoms with van der Waals surface area (Å²) in [6, 6.07) is 6.39. The number of amides is 1. The molecule has 5 nitrogen and oxygen atoms in total. The number of hydrogen-bond donors (Lipinski definition) is 1. The highest BCUT2D eigenvalue weighted by atomic mass is 19.4. The number of carbonyl (C=O) groups excluding carboxylic acids is 1. The highest BCUT2D eigenvalue weighted by Crippen LogP contribution is 2.41. The molecule has 1 N–H and O–H groups in total. The smallest absolute Gasteiger partial charge is 0.438 e. The van der Waals surface area contributed by atoms with Crippen molar-refractivity contribution in [2.24, 2.45) is 5.10 Å². The van der Waals surface area contributed by atoms with Gasteiger partial charge in [0.1, 0.15) is 5.75 Å². The number of rotatable bonds is 6. The van der Waals surface area contributed by atoms with Crippen molar-refractivity contribution in [2.75, 3.05) is 7.11 Å². The van der Waals surface area contributed by atoms with Crippen LogP contribution in [0.25, 0.3) is 0 Å². The Bertz CT molecular complexity index is 644. The summed E-state index contributed by atoms with van der Waals surface area (Å²) < 4.78 is 45.1. The second kappa shape index (κ2) is 7.43. The van der Waals surface area contributed by atoms with Crippen LogP contribution in [0.3, 0.4) is 0 Å². The first-order chi connectivity index (χ1) is 11.7. The fourth-order valence-electron chi connectivity index (χ4n) is 2.61. The van der Waals surface area contributed by atoms with Crippen molar-refractivity contribution < 1.29 is 27.8 Å². The summed E-state index contributed by atoms with van der Waals surface area (Å²) in [4.78, 5) is 12.4. The number of hydrazone groups is 1. The minimum atomic E-state index is -4.99. The molecule has 1 heterocycles. The van der Waals surface area contributed by atoms with Crippen LogP contribution < -0.4 is 4.74 Å². The van der Waals surface area contributed by atoms with Gasteiger partial charge in [-0.3, -0.25) is 4.79 Å². The molecule has 0 fully saturated rings. The number of methoxy groups -OCH3 is 1. The maximum absolute atomic E-state index is 13.4. The van der Waals surface area contributed by atoms with Gasteiger partial charge in [0.05, 0.1) is 13.5 Å². The Morgan fingerprint density at radius 2 is 2.00 bits per heavy atom. The zero-order valence-electron chi connectivity index (χ0n) is 14.1. The predicted molar refractivity (Wildman–Crippen MR) is 86.1 cm³/mol. The van der Waals surface area contributed by atoms with E-state index in [1.807, 2.05) is 6.92 Å². The molecule has 0 saturated heterocycles. The van der Waals surface area contributed by atoms with Crippen LogP contribution in [-0.4, -0.2) is 40.7 Å². The second-order valence-corrected chi connectivity index (χ2v) is 5.99. The van der Waals surface area contributed by atoms with Crippen molar-refractivity contribution >= 4 is 11.6 Å². The van der Waals surface area contributed by atoms with Gasteiger partial charge >= 0.3 is 6.18 Å². The predicted octanol–water partition coefficient (Wildman–Crippen LogP) is 3.27. The molecular formula is C17H21F3N2O3. The van der Waals surface area contributed by atoms with Crippen LogP contribution in [0, 0.1) is 0 Å². The topological polar surface area (TPSA) is 62.1 Å². The van der Waals surface area contributed by atoms with Crippen LogP contribution in [-0.2, 0) is 11.2 Å². The molecule has 1 aromatic rings. The van der Waals surface area contributed by atoms with Crippen LogP contribution in [0.2, 0.25) is 0 Å². The van der Waals surface area contributed by atoms with E-state index in [-0.39, 0.29) is 17.1 Å². The van der Waals surface area contributed by atoms with E-state index in [1.54, 1.807) is 24.3 Å². The monoisotopic (exact) mass is 358 g/mol. The minimum absolute atomic E-state index is 0.185. The molecular weight excluding hydrogens is 337 g/mol. The molecule has 1 aromatic carbocycles. The molecule has 0 aliphatic carbocycles. The van der Waals surface area contributed by atoms with E-state index in [2.05, 4.69) is 5.10 Å². The Morgan fingerprint density at radius 3 is 2.52 bits per heavy atom. The lowest BCUT2D eigenvalue weighted by Crippen LogP contribution is -2.57. The summed E-state index contributed by atoms with van der Waals surface area (Å²) in [7, 11) is 1.49. The number of carbonyl (C=O) groups is 1. The molecule has 1 aliphatic rings. The summed E-state index contributed by atoms with van der Waals surface area (Å²) in [5.41, 5.74) is -2.59. The SMILES string of the molecule is CCCCC1=NN(C(=O)Cc2ccc(OC)cc2)C(O)(C(F)(F)F)C1. The number of alkyl halides is 3. The molecule has 1 aliphatic heterocycles. The maximum Gasteiger partial charge on any atom is 0.438 e. The van der Waals surface area contributed by atoms with E-state index in [0.29, 0.717) is 24.2 Å². The van der Waals surface area contributed by atoms with E-state index in [4.69, 9.17) is 4.74 Å². The molecule has 1 unspecified atom stereocenters. The van der Waals surface area contributed by atoms with Crippen LogP contribution in [0.1, 0.15) is 38.2 Å². The fraction of sp³-hybridized carbons (Fsp3) is 0.529. The van der Waals surface area contributed by atoms with Gasteiger partial charge in [0.25, 0.3) is 5.72 Å². The number of benzene rings is 1. The zero-order chi connectivity index (χ0) is 18.7. The van der Waals surface area contributed by atoms with E-state index >= 15 is 0 Å². The second-order valence-electron chi connectivity index (χ2n) is 5.99. The van der Waals surface area contributed by atoms with Gasteiger partial charge in [0.15, 0.2) is 0 Å². The Balaban J connectivity index is 2.21. The van der Waals surface area contributed by atoms with Crippen molar-refractivity contribution in [2.45, 2.75) is 50.9 Å². The molecule has 138 valence electrons. The first-order valence-electron chi connectivity index (χ1n) is 8.02. The Hall–Kier alpha value is -2.09. The normalized spacial score (nSPS) is 20.6. The first kappa shape index (κ1) is 19.2. The molecule has 0 radical (unpaired) electrons. The standard InChI is InChI=1S/C17H21F3N2O3/c1-3-4-5-13-11-16(24,17(18,19)20)22(21-13)15(23)10-12-6-8-14(25-2)9-7-12/h6-9,24H,3-5,10-11H2,1-2H3. The van der Waals surface area contributed by atoms with Crippen LogP contribution in [0.4, 0.5) is 13.2 Å². The Morgan fingerprint density at radius 1 is 1.36 bits per heavy atom. The first-order valence-corrected chi connectivity index (χ1v) is 8.02. The minimum Gasteiger partial charge on any atom is -0.497 e. The lowest BCUT2D eigenvalue weighted by atomic mass is 10.0. The van der Waals surface area contributed by atoms with Crippen LogP contribution in [0.5, 0.6) is 5.75 Å². The van der Waals surface area contributed by atoms with E-state index in [1.165, 1.54) is 7.11 Å². The molecule has 8 heteroatoms. The van der Waals surface area contributed by atoms with Gasteiger partial charge in [-0.25, -0.2) is 0 Å². The molecule has 1 atom stereocenters. The molecule has 0 aromatic heterocycles. The molecule has 0 saturated carbocycles. The largest absolute Gasteiger partial charge is 0.497 e. The fourth-order valence-corrected chi connectivity index (χ4v) is 2.61. The summed E-state index contributed by atoms with van der Waals surface area (Å²) in [6.07, 6.45) is -4.24. The van der Waals surface area contributed by atoms with Gasteiger partial charge in [-0.05, 0) is 30.5 Å². The average molecular weight is 358 g/mol. The average Bonchev–Trinajstić information content (AvgIpc) is 2.91. The lowest BCUT2D eigenvalue weighted by molar-refractivity contribution is -0.302. The van der Waals surface area contributed by atoms with Crippen molar-refractivity contribution in [3.05, 3.63) is 29.8 Å². The molecule has 25 heavy (non-hydrogen) atoms. The van der Waals surface area contributed by atoms with E-state index in [9.17, 15) is 23.1 Å². The number of unbranched alkanes of at least 4 members (excludes halogenated alkanes) is 1. The van der Waals surface area contributed by atoms with E-state index in [0.717, 1.165) is 6.42 Å². The molecule has 2 rings (SSSR count). The van der Waals surface area contributed by atoms with Gasteiger partial charge in [0.2, 0.25) is 5.91 Å². The number of hydrogen-bond acceptors (Lipinski definition) is 4. The van der Waals surface area contributed by atoms with Gasteiger partial charge < -0.3 is 9.84 Å². The molecule has 1 amide bonds. The number of ether oxygens (including phenoxy) is 1. The van der Waals surface area contributed by atoms with Crippen LogP contribution in [0.15, 0.2) is 29.4 Å². The third kappa shape index (κ3) is 4.12. The summed E-state index contributed by atoms with van der Waals surface area (Å²) >= 11 is 0. The quantitative estimate of drug-likeness (QED) is 0.849. The lowest BCUT2D eigenvalue weighted by Gasteiger charge is -2.32. The van der Waals surface area contributed by atoms with Crippen molar-refractivity contribution in [3.8, 4) is 5.75 Å². The Labute approximate surface area is 144 Å². The molecule has 0 spiro atoms. The van der Waals surface area contributed by atoms with E-state index < -0.39 is 24.2 Å². The van der Waals surface area contributed by atoms with Crippen LogP contribution >= 0.6 is 0 Å². The molecule has 0 bridgehead atoms. The third-order valence-electron chi connectivity index (χ3n) is 4.07. The Kier molecular flexibility index (Phi) is 5.72. The number of halogens is 3. The van der Waals surface area contributed by atoms with Gasteiger partial charge in [-0.15, -0.1) is 0 Å². The van der Waals surface area contributed by atoms with Gasteiger partial charge in [-0.1, -0.05) is 25.5 Å². The number of nitrogens with zero attached hydrogens (tertiary/aromatic N) is 2. The summed E-state index contributed by atoms with van der Waals surface area (Å²) in [6.45, 7) is 1.90. The highest BCUT2D eigenvalue weighted by Gasteiger charge is 2.62. The summed E-state index contributed by atoms with van der Waals surface area (Å²) in [5, 5.41) is 14.1. The van der Waals surface area contributed by atoms with Crippen molar-refractivity contribution in [3.63, 3.8) is 0 Å². The third-order valence-corrected chi connectivity index (χ3v) is 4.07. The number of aliphatic hydroxyl groups is 1. The van der Waals surface area contributed by atoms with Gasteiger partial charge in [0, 0.05) is 12.1 Å². The highest BCUT2D eigenvalue weighted by molar-refractivity contribution is 5.91. The summed E-state index contributed by atoms with van der Waals surface area (Å²) in [5.74, 6) is -0.333. The maximum atomic E-state index is 13.4.